The van der Waals surface area contributed by atoms with Gasteiger partial charge in [-0.25, -0.2) is 4.39 Å². The fourth-order valence-corrected chi connectivity index (χ4v) is 2.61. The fourth-order valence-electron chi connectivity index (χ4n) is 2.61. The van der Waals surface area contributed by atoms with Crippen LogP contribution in [0.1, 0.15) is 19.4 Å². The van der Waals surface area contributed by atoms with Crippen LogP contribution in [0, 0.1) is 5.82 Å². The maximum Gasteiger partial charge on any atom is 0.165 e. The lowest BCUT2D eigenvalue weighted by atomic mass is 10.0. The lowest BCUT2D eigenvalue weighted by Crippen LogP contribution is -2.54. The molecule has 4 nitrogen and oxygen atoms in total. The highest BCUT2D eigenvalue weighted by molar-refractivity contribution is 5.29. The zero-order valence-corrected chi connectivity index (χ0v) is 13.1. The van der Waals surface area contributed by atoms with Crippen molar-refractivity contribution in [3.05, 3.63) is 29.6 Å². The van der Waals surface area contributed by atoms with Gasteiger partial charge in [0.05, 0.1) is 20.3 Å². The van der Waals surface area contributed by atoms with E-state index in [4.69, 9.17) is 9.47 Å². The molecule has 0 saturated carbocycles. The molecule has 0 aromatic heterocycles. The van der Waals surface area contributed by atoms with Gasteiger partial charge in [0.1, 0.15) is 0 Å². The third kappa shape index (κ3) is 4.40. The molecule has 21 heavy (non-hydrogen) atoms. The van der Waals surface area contributed by atoms with E-state index in [2.05, 4.69) is 24.1 Å². The number of benzene rings is 1. The smallest absolute Gasteiger partial charge is 0.165 e. The van der Waals surface area contributed by atoms with Gasteiger partial charge < -0.3 is 14.8 Å². The van der Waals surface area contributed by atoms with Crippen molar-refractivity contribution < 1.29 is 13.9 Å². The molecule has 1 aliphatic rings. The quantitative estimate of drug-likeness (QED) is 0.871. The SMILES string of the molecule is COc1ccc(CNCC(C)(C)N2CCOCC2)cc1F. The van der Waals surface area contributed by atoms with Crippen molar-refractivity contribution in [3.8, 4) is 5.75 Å². The van der Waals surface area contributed by atoms with Gasteiger partial charge in [0.15, 0.2) is 11.6 Å². The molecule has 118 valence electrons. The minimum absolute atomic E-state index is 0.0643. The van der Waals surface area contributed by atoms with Crippen LogP contribution < -0.4 is 10.1 Å². The summed E-state index contributed by atoms with van der Waals surface area (Å²) in [4.78, 5) is 2.43. The molecule has 0 bridgehead atoms. The normalized spacial score (nSPS) is 17.0. The number of morpholine rings is 1. The summed E-state index contributed by atoms with van der Waals surface area (Å²) in [7, 11) is 1.47. The van der Waals surface area contributed by atoms with Crippen LogP contribution in [0.4, 0.5) is 4.39 Å². The highest BCUT2D eigenvalue weighted by Crippen LogP contribution is 2.18. The maximum absolute atomic E-state index is 13.6. The van der Waals surface area contributed by atoms with E-state index in [1.807, 2.05) is 6.07 Å². The Bertz CT molecular complexity index is 460. The summed E-state index contributed by atoms with van der Waals surface area (Å²) in [6, 6.07) is 5.07. The first kappa shape index (κ1) is 16.2. The fraction of sp³-hybridized carbons (Fsp3) is 0.625. The second kappa shape index (κ2) is 7.20. The van der Waals surface area contributed by atoms with Crippen LogP contribution >= 0.6 is 0 Å². The Kier molecular flexibility index (Phi) is 5.56. The van der Waals surface area contributed by atoms with E-state index in [1.165, 1.54) is 13.2 Å². The minimum Gasteiger partial charge on any atom is -0.494 e. The molecule has 1 aliphatic heterocycles. The summed E-state index contributed by atoms with van der Waals surface area (Å²) >= 11 is 0. The monoisotopic (exact) mass is 296 g/mol. The highest BCUT2D eigenvalue weighted by atomic mass is 19.1. The zero-order chi connectivity index (χ0) is 15.3. The predicted octanol–water partition coefficient (Wildman–Crippen LogP) is 2.03. The largest absolute Gasteiger partial charge is 0.494 e. The molecule has 2 rings (SSSR count). The van der Waals surface area contributed by atoms with E-state index in [0.717, 1.165) is 38.4 Å². The Morgan fingerprint density at radius 2 is 2.05 bits per heavy atom. The van der Waals surface area contributed by atoms with Crippen LogP contribution in [0.25, 0.3) is 0 Å². The molecule has 0 aliphatic carbocycles. The van der Waals surface area contributed by atoms with E-state index in [0.29, 0.717) is 6.54 Å². The molecule has 1 N–H and O–H groups in total. The molecule has 1 aromatic carbocycles. The van der Waals surface area contributed by atoms with Gasteiger partial charge in [-0.3, -0.25) is 4.90 Å². The molecule has 0 atom stereocenters. The lowest BCUT2D eigenvalue weighted by Gasteiger charge is -2.41. The summed E-state index contributed by atoms with van der Waals surface area (Å²) < 4.78 is 23.9. The number of halogens is 1. The van der Waals surface area contributed by atoms with Crippen LogP contribution in [-0.4, -0.2) is 50.4 Å². The van der Waals surface area contributed by atoms with Gasteiger partial charge in [-0.2, -0.15) is 0 Å². The van der Waals surface area contributed by atoms with Crippen LogP contribution in [0.15, 0.2) is 18.2 Å². The summed E-state index contributed by atoms with van der Waals surface area (Å²) in [6.45, 7) is 9.47. The molecule has 1 aromatic rings. The Labute approximate surface area is 126 Å². The van der Waals surface area contributed by atoms with E-state index in [1.54, 1.807) is 6.07 Å². The van der Waals surface area contributed by atoms with Crippen LogP contribution in [0.2, 0.25) is 0 Å². The van der Waals surface area contributed by atoms with Crippen molar-refractivity contribution in [1.82, 2.24) is 10.2 Å². The van der Waals surface area contributed by atoms with Gasteiger partial charge >= 0.3 is 0 Å². The van der Waals surface area contributed by atoms with E-state index in [9.17, 15) is 4.39 Å². The van der Waals surface area contributed by atoms with Gasteiger partial charge in [-0.1, -0.05) is 6.07 Å². The van der Waals surface area contributed by atoms with Crippen molar-refractivity contribution in [1.29, 1.82) is 0 Å². The van der Waals surface area contributed by atoms with Gasteiger partial charge in [0.2, 0.25) is 0 Å². The van der Waals surface area contributed by atoms with Gasteiger partial charge in [0.25, 0.3) is 0 Å². The standard InChI is InChI=1S/C16H25FN2O2/c1-16(2,19-6-8-21-9-7-19)12-18-11-13-4-5-15(20-3)14(17)10-13/h4-5,10,18H,6-9,11-12H2,1-3H3. The highest BCUT2D eigenvalue weighted by Gasteiger charge is 2.27. The average molecular weight is 296 g/mol. The minimum atomic E-state index is -0.316. The maximum atomic E-state index is 13.6. The number of nitrogens with one attached hydrogen (secondary N) is 1. The molecule has 1 saturated heterocycles. The summed E-state index contributed by atoms with van der Waals surface area (Å²) in [6.07, 6.45) is 0. The Balaban J connectivity index is 1.84. The number of nitrogens with zero attached hydrogens (tertiary/aromatic N) is 1. The molecular weight excluding hydrogens is 271 g/mol. The first-order chi connectivity index (χ1) is 10.0. The van der Waals surface area contributed by atoms with Gasteiger partial charge in [-0.15, -0.1) is 0 Å². The van der Waals surface area contributed by atoms with Crippen molar-refractivity contribution in [2.45, 2.75) is 25.9 Å². The first-order valence-electron chi connectivity index (χ1n) is 7.39. The number of hydrogen-bond acceptors (Lipinski definition) is 4. The van der Waals surface area contributed by atoms with Crippen LogP contribution in [0.5, 0.6) is 5.75 Å². The third-order valence-corrected chi connectivity index (χ3v) is 3.97. The van der Waals surface area contributed by atoms with Gasteiger partial charge in [-0.05, 0) is 31.5 Å². The third-order valence-electron chi connectivity index (χ3n) is 3.97. The van der Waals surface area contributed by atoms with Crippen molar-refractivity contribution in [2.24, 2.45) is 0 Å². The number of ether oxygens (including phenoxy) is 2. The number of methoxy groups -OCH3 is 1. The van der Waals surface area contributed by atoms with Crippen molar-refractivity contribution >= 4 is 0 Å². The molecule has 1 heterocycles. The lowest BCUT2D eigenvalue weighted by molar-refractivity contribution is -0.00967. The predicted molar refractivity (Wildman–Crippen MR) is 81.1 cm³/mol. The molecule has 0 amide bonds. The Morgan fingerprint density at radius 1 is 1.33 bits per heavy atom. The van der Waals surface area contributed by atoms with Crippen molar-refractivity contribution in [3.63, 3.8) is 0 Å². The number of hydrogen-bond donors (Lipinski definition) is 1. The van der Waals surface area contributed by atoms with Gasteiger partial charge in [0, 0.05) is 31.7 Å². The average Bonchev–Trinajstić information content (AvgIpc) is 2.48. The Hall–Kier alpha value is -1.17. The van der Waals surface area contributed by atoms with E-state index in [-0.39, 0.29) is 17.1 Å². The van der Waals surface area contributed by atoms with Crippen LogP contribution in [0.3, 0.4) is 0 Å². The molecule has 5 heteroatoms. The van der Waals surface area contributed by atoms with E-state index < -0.39 is 0 Å². The van der Waals surface area contributed by atoms with Crippen molar-refractivity contribution in [2.75, 3.05) is 40.0 Å². The molecule has 1 fully saturated rings. The molecule has 0 spiro atoms. The molecule has 0 radical (unpaired) electrons. The number of rotatable bonds is 6. The topological polar surface area (TPSA) is 33.7 Å². The van der Waals surface area contributed by atoms with E-state index >= 15 is 0 Å². The molecule has 0 unspecified atom stereocenters. The summed E-state index contributed by atoms with van der Waals surface area (Å²) in [5.41, 5.74) is 0.987. The zero-order valence-electron chi connectivity index (χ0n) is 13.1. The van der Waals surface area contributed by atoms with Crippen LogP contribution in [-0.2, 0) is 11.3 Å². The molecular formula is C16H25FN2O2. The summed E-state index contributed by atoms with van der Waals surface area (Å²) in [5.74, 6) is -0.0309. The first-order valence-corrected chi connectivity index (χ1v) is 7.39. The second-order valence-corrected chi connectivity index (χ2v) is 5.98. The second-order valence-electron chi connectivity index (χ2n) is 5.98. The summed E-state index contributed by atoms with van der Waals surface area (Å²) in [5, 5.41) is 3.41. The Morgan fingerprint density at radius 3 is 2.67 bits per heavy atom.